The number of aliphatic hydroxyl groups is 1. The lowest BCUT2D eigenvalue weighted by atomic mass is 9.98. The fourth-order valence-corrected chi connectivity index (χ4v) is 2.17. The molecule has 2 aromatic carbocycles. The van der Waals surface area contributed by atoms with Gasteiger partial charge in [-0.05, 0) is 35.7 Å². The van der Waals surface area contributed by atoms with E-state index in [2.05, 4.69) is 15.9 Å². The third kappa shape index (κ3) is 2.34. The molecule has 0 aliphatic carbocycles. The maximum atomic E-state index is 10.3. The first-order chi connectivity index (χ1) is 7.68. The molecular formula is C14H13BrO. The van der Waals surface area contributed by atoms with E-state index >= 15 is 0 Å². The van der Waals surface area contributed by atoms with E-state index in [9.17, 15) is 5.11 Å². The normalized spacial score (nSPS) is 12.4. The Morgan fingerprint density at radius 1 is 1.06 bits per heavy atom. The van der Waals surface area contributed by atoms with Crippen LogP contribution < -0.4 is 0 Å². The van der Waals surface area contributed by atoms with Crippen LogP contribution in [0.2, 0.25) is 0 Å². The lowest BCUT2D eigenvalue weighted by Gasteiger charge is -2.14. The van der Waals surface area contributed by atoms with Gasteiger partial charge in [-0.1, -0.05) is 52.3 Å². The molecule has 2 aromatic rings. The number of aryl methyl sites for hydroxylation is 1. The summed E-state index contributed by atoms with van der Waals surface area (Å²) < 4.78 is 0.984. The summed E-state index contributed by atoms with van der Waals surface area (Å²) in [5.41, 5.74) is 2.97. The molecule has 1 atom stereocenters. The summed E-state index contributed by atoms with van der Waals surface area (Å²) in [7, 11) is 0. The van der Waals surface area contributed by atoms with Crippen molar-refractivity contribution in [2.75, 3.05) is 0 Å². The van der Waals surface area contributed by atoms with E-state index in [1.54, 1.807) is 0 Å². The van der Waals surface area contributed by atoms with Crippen molar-refractivity contribution in [1.29, 1.82) is 0 Å². The fourth-order valence-electron chi connectivity index (χ4n) is 1.75. The Balaban J connectivity index is 2.39. The molecule has 0 saturated carbocycles. The summed E-state index contributed by atoms with van der Waals surface area (Å²) in [6.07, 6.45) is -0.557. The van der Waals surface area contributed by atoms with Crippen LogP contribution in [0.5, 0.6) is 0 Å². The van der Waals surface area contributed by atoms with Crippen LogP contribution in [0.1, 0.15) is 22.8 Å². The molecule has 0 fully saturated rings. The van der Waals surface area contributed by atoms with E-state index < -0.39 is 6.10 Å². The van der Waals surface area contributed by atoms with Crippen LogP contribution in [-0.4, -0.2) is 5.11 Å². The number of hydrogen-bond acceptors (Lipinski definition) is 1. The summed E-state index contributed by atoms with van der Waals surface area (Å²) in [6, 6.07) is 15.7. The van der Waals surface area contributed by atoms with Gasteiger partial charge in [-0.2, -0.15) is 0 Å². The van der Waals surface area contributed by atoms with Crippen LogP contribution in [0.25, 0.3) is 0 Å². The Morgan fingerprint density at radius 2 is 1.81 bits per heavy atom. The second-order valence-electron chi connectivity index (χ2n) is 3.81. The highest BCUT2D eigenvalue weighted by Gasteiger charge is 2.12. The van der Waals surface area contributed by atoms with E-state index in [4.69, 9.17) is 0 Å². The minimum atomic E-state index is -0.557. The number of aliphatic hydroxyl groups excluding tert-OH is 1. The molecule has 0 saturated heterocycles. The smallest absolute Gasteiger partial charge is 0.104 e. The Hall–Kier alpha value is -1.12. The number of hydrogen-bond donors (Lipinski definition) is 1. The molecule has 16 heavy (non-hydrogen) atoms. The van der Waals surface area contributed by atoms with E-state index in [0.29, 0.717) is 0 Å². The van der Waals surface area contributed by atoms with Gasteiger partial charge >= 0.3 is 0 Å². The van der Waals surface area contributed by atoms with Crippen molar-refractivity contribution in [2.24, 2.45) is 0 Å². The minimum Gasteiger partial charge on any atom is -0.384 e. The van der Waals surface area contributed by atoms with E-state index in [-0.39, 0.29) is 0 Å². The maximum Gasteiger partial charge on any atom is 0.104 e. The van der Waals surface area contributed by atoms with Crippen LogP contribution in [0.4, 0.5) is 0 Å². The van der Waals surface area contributed by atoms with Crippen LogP contribution in [-0.2, 0) is 0 Å². The van der Waals surface area contributed by atoms with Gasteiger partial charge < -0.3 is 5.11 Å². The average Bonchev–Trinajstić information content (AvgIpc) is 2.29. The van der Waals surface area contributed by atoms with Crippen molar-refractivity contribution >= 4 is 15.9 Å². The molecule has 0 aromatic heterocycles. The summed E-state index contributed by atoms with van der Waals surface area (Å²) in [5.74, 6) is 0. The SMILES string of the molecule is Cc1ccccc1C(O)c1cccc(Br)c1. The van der Waals surface area contributed by atoms with Crippen LogP contribution in [0, 0.1) is 6.92 Å². The van der Waals surface area contributed by atoms with Crippen LogP contribution in [0.3, 0.4) is 0 Å². The standard InChI is InChI=1S/C14H13BrO/c1-10-5-2-3-8-13(10)14(16)11-6-4-7-12(15)9-11/h2-9,14,16H,1H3. The Bertz CT molecular complexity index is 494. The van der Waals surface area contributed by atoms with Gasteiger partial charge in [0.1, 0.15) is 6.10 Å². The molecule has 0 spiro atoms. The molecule has 0 radical (unpaired) electrons. The molecular weight excluding hydrogens is 264 g/mol. The van der Waals surface area contributed by atoms with Crippen LogP contribution in [0.15, 0.2) is 53.0 Å². The molecule has 0 amide bonds. The van der Waals surface area contributed by atoms with Gasteiger partial charge in [-0.15, -0.1) is 0 Å². The lowest BCUT2D eigenvalue weighted by Crippen LogP contribution is -2.01. The highest BCUT2D eigenvalue weighted by molar-refractivity contribution is 9.10. The third-order valence-corrected chi connectivity index (χ3v) is 3.14. The van der Waals surface area contributed by atoms with Gasteiger partial charge in [0.15, 0.2) is 0 Å². The topological polar surface area (TPSA) is 20.2 Å². The summed E-state index contributed by atoms with van der Waals surface area (Å²) in [6.45, 7) is 2.01. The Morgan fingerprint density at radius 3 is 2.50 bits per heavy atom. The van der Waals surface area contributed by atoms with Gasteiger partial charge in [0, 0.05) is 4.47 Å². The summed E-state index contributed by atoms with van der Waals surface area (Å²) in [4.78, 5) is 0. The van der Waals surface area contributed by atoms with Crippen molar-refractivity contribution in [2.45, 2.75) is 13.0 Å². The lowest BCUT2D eigenvalue weighted by molar-refractivity contribution is 0.219. The minimum absolute atomic E-state index is 0.557. The predicted molar refractivity (Wildman–Crippen MR) is 69.4 cm³/mol. The van der Waals surface area contributed by atoms with Crippen molar-refractivity contribution < 1.29 is 5.11 Å². The van der Waals surface area contributed by atoms with Crippen LogP contribution >= 0.6 is 15.9 Å². The summed E-state index contributed by atoms with van der Waals surface area (Å²) in [5, 5.41) is 10.3. The number of rotatable bonds is 2. The Labute approximate surface area is 104 Å². The van der Waals surface area contributed by atoms with Crippen molar-refractivity contribution in [1.82, 2.24) is 0 Å². The van der Waals surface area contributed by atoms with Crippen molar-refractivity contribution in [3.63, 3.8) is 0 Å². The maximum absolute atomic E-state index is 10.3. The zero-order chi connectivity index (χ0) is 11.5. The van der Waals surface area contributed by atoms with Gasteiger partial charge in [-0.3, -0.25) is 0 Å². The van der Waals surface area contributed by atoms with E-state index in [1.807, 2.05) is 55.5 Å². The highest BCUT2D eigenvalue weighted by atomic mass is 79.9. The quantitative estimate of drug-likeness (QED) is 0.884. The molecule has 0 bridgehead atoms. The Kier molecular flexibility index (Phi) is 3.42. The third-order valence-electron chi connectivity index (χ3n) is 2.65. The molecule has 0 aliphatic rings. The molecule has 1 unspecified atom stereocenters. The molecule has 2 heteroatoms. The van der Waals surface area contributed by atoms with Gasteiger partial charge in [0.25, 0.3) is 0 Å². The molecule has 82 valence electrons. The highest BCUT2D eigenvalue weighted by Crippen LogP contribution is 2.26. The van der Waals surface area contributed by atoms with Crippen molar-refractivity contribution in [3.05, 3.63) is 69.7 Å². The molecule has 2 rings (SSSR count). The molecule has 1 nitrogen and oxygen atoms in total. The average molecular weight is 277 g/mol. The van der Waals surface area contributed by atoms with Crippen molar-refractivity contribution in [3.8, 4) is 0 Å². The molecule has 0 aliphatic heterocycles. The predicted octanol–water partition coefficient (Wildman–Crippen LogP) is 3.84. The van der Waals surface area contributed by atoms with Gasteiger partial charge in [0.05, 0.1) is 0 Å². The largest absolute Gasteiger partial charge is 0.384 e. The monoisotopic (exact) mass is 276 g/mol. The number of halogens is 1. The second kappa shape index (κ2) is 4.81. The van der Waals surface area contributed by atoms with E-state index in [0.717, 1.165) is 21.2 Å². The first kappa shape index (κ1) is 11.4. The van der Waals surface area contributed by atoms with Gasteiger partial charge in [-0.25, -0.2) is 0 Å². The second-order valence-corrected chi connectivity index (χ2v) is 4.73. The zero-order valence-electron chi connectivity index (χ0n) is 9.02. The summed E-state index contributed by atoms with van der Waals surface area (Å²) >= 11 is 3.41. The number of benzene rings is 2. The molecule has 1 N–H and O–H groups in total. The first-order valence-electron chi connectivity index (χ1n) is 5.17. The first-order valence-corrected chi connectivity index (χ1v) is 5.97. The van der Waals surface area contributed by atoms with Gasteiger partial charge in [0.2, 0.25) is 0 Å². The van der Waals surface area contributed by atoms with E-state index in [1.165, 1.54) is 0 Å². The zero-order valence-corrected chi connectivity index (χ0v) is 10.6. The molecule has 0 heterocycles. The fraction of sp³-hybridized carbons (Fsp3) is 0.143.